The first-order valence-corrected chi connectivity index (χ1v) is 10.6. The fraction of sp³-hybridized carbons (Fsp3) is 0.217. The van der Waals surface area contributed by atoms with Gasteiger partial charge in [0.1, 0.15) is 0 Å². The summed E-state index contributed by atoms with van der Waals surface area (Å²) >= 11 is 3.40. The average molecular weight is 482 g/mol. The lowest BCUT2D eigenvalue weighted by molar-refractivity contribution is -0.141. The number of benzene rings is 2. The first kappa shape index (κ1) is 21.0. The highest BCUT2D eigenvalue weighted by Gasteiger charge is 2.34. The molecule has 0 radical (unpaired) electrons. The van der Waals surface area contributed by atoms with Gasteiger partial charge in [0, 0.05) is 22.9 Å². The number of aromatic amines is 1. The number of fused-ring (bicyclic) bond motifs is 1. The van der Waals surface area contributed by atoms with Gasteiger partial charge >= 0.3 is 5.97 Å². The van der Waals surface area contributed by atoms with Gasteiger partial charge in [0.05, 0.1) is 23.7 Å². The van der Waals surface area contributed by atoms with Gasteiger partial charge in [0.25, 0.3) is 5.56 Å². The van der Waals surface area contributed by atoms with Gasteiger partial charge in [0.2, 0.25) is 5.91 Å². The number of carboxylic acids is 1. The Morgan fingerprint density at radius 1 is 1.19 bits per heavy atom. The molecule has 4 rings (SSSR count). The van der Waals surface area contributed by atoms with E-state index in [1.54, 1.807) is 6.07 Å². The second-order valence-electron chi connectivity index (χ2n) is 7.50. The summed E-state index contributed by atoms with van der Waals surface area (Å²) in [6.07, 6.45) is -0.118. The van der Waals surface area contributed by atoms with Crippen molar-refractivity contribution in [2.45, 2.75) is 32.2 Å². The number of hydrogen-bond donors (Lipinski definition) is 2. The highest BCUT2D eigenvalue weighted by atomic mass is 79.9. The van der Waals surface area contributed by atoms with Crippen LogP contribution in [-0.2, 0) is 9.59 Å². The number of amides is 1. The normalized spacial score (nSPS) is 15.9. The van der Waals surface area contributed by atoms with E-state index in [1.165, 1.54) is 5.01 Å². The van der Waals surface area contributed by atoms with E-state index in [1.807, 2.05) is 49.4 Å². The standard InChI is InChI=1S/C23H20BrN3O4/c1-13-3-2-4-15-11-17(23(31)25-22(13)15)19-12-18(14-5-7-16(24)8-6-14)26-27(19)20(28)9-10-21(29)30/h2-8,11,19H,9-10,12H2,1H3,(H,25,31)(H,29,30). The SMILES string of the molecule is Cc1cccc2cc(C3CC(c4ccc(Br)cc4)=NN3C(=O)CCC(=O)O)c(=O)[nH]c12. The van der Waals surface area contributed by atoms with Crippen LogP contribution in [0.15, 0.2) is 62.9 Å². The monoisotopic (exact) mass is 481 g/mol. The minimum atomic E-state index is -1.06. The van der Waals surface area contributed by atoms with Crippen LogP contribution in [0.25, 0.3) is 10.9 Å². The maximum Gasteiger partial charge on any atom is 0.303 e. The molecule has 0 saturated heterocycles. The van der Waals surface area contributed by atoms with Crippen molar-refractivity contribution in [3.63, 3.8) is 0 Å². The average Bonchev–Trinajstić information content (AvgIpc) is 3.18. The number of aryl methyl sites for hydroxylation is 1. The smallest absolute Gasteiger partial charge is 0.303 e. The van der Waals surface area contributed by atoms with Crippen LogP contribution in [0, 0.1) is 6.92 Å². The van der Waals surface area contributed by atoms with E-state index in [4.69, 9.17) is 5.11 Å². The first-order chi connectivity index (χ1) is 14.8. The molecule has 1 atom stereocenters. The van der Waals surface area contributed by atoms with Gasteiger partial charge in [0.15, 0.2) is 0 Å². The second kappa shape index (κ2) is 8.47. The number of aliphatic carboxylic acids is 1. The summed E-state index contributed by atoms with van der Waals surface area (Å²) < 4.78 is 0.919. The van der Waals surface area contributed by atoms with Gasteiger partial charge in [-0.3, -0.25) is 14.4 Å². The zero-order valence-electron chi connectivity index (χ0n) is 16.8. The minimum Gasteiger partial charge on any atom is -0.481 e. The van der Waals surface area contributed by atoms with Crippen LogP contribution in [0.2, 0.25) is 0 Å². The Morgan fingerprint density at radius 2 is 1.94 bits per heavy atom. The number of halogens is 1. The van der Waals surface area contributed by atoms with E-state index < -0.39 is 17.9 Å². The molecule has 0 bridgehead atoms. The van der Waals surface area contributed by atoms with Crippen molar-refractivity contribution >= 4 is 44.4 Å². The molecule has 3 aromatic rings. The molecule has 2 aromatic carbocycles. The number of aromatic nitrogens is 1. The summed E-state index contributed by atoms with van der Waals surface area (Å²) in [6.45, 7) is 1.92. The Labute approximate surface area is 186 Å². The summed E-state index contributed by atoms with van der Waals surface area (Å²) in [7, 11) is 0. The number of para-hydroxylation sites is 1. The zero-order valence-corrected chi connectivity index (χ0v) is 18.3. The number of pyridine rings is 1. The van der Waals surface area contributed by atoms with Crippen LogP contribution in [0.3, 0.4) is 0 Å². The fourth-order valence-corrected chi connectivity index (χ4v) is 4.04. The molecule has 0 aliphatic carbocycles. The number of hydrogen-bond acceptors (Lipinski definition) is 4. The van der Waals surface area contributed by atoms with E-state index >= 15 is 0 Å². The van der Waals surface area contributed by atoms with Crippen molar-refractivity contribution in [2.75, 3.05) is 0 Å². The van der Waals surface area contributed by atoms with Gasteiger partial charge in [-0.15, -0.1) is 0 Å². The highest BCUT2D eigenvalue weighted by Crippen LogP contribution is 2.33. The Bertz CT molecular complexity index is 1260. The largest absolute Gasteiger partial charge is 0.481 e. The van der Waals surface area contributed by atoms with Crippen LogP contribution in [0.4, 0.5) is 0 Å². The van der Waals surface area contributed by atoms with Crippen molar-refractivity contribution in [3.05, 3.63) is 80.0 Å². The molecule has 2 N–H and O–H groups in total. The fourth-order valence-electron chi connectivity index (χ4n) is 3.78. The molecule has 0 saturated carbocycles. The van der Waals surface area contributed by atoms with E-state index in [0.717, 1.165) is 26.5 Å². The van der Waals surface area contributed by atoms with Gasteiger partial charge < -0.3 is 10.1 Å². The number of H-pyrrole nitrogens is 1. The van der Waals surface area contributed by atoms with Crippen LogP contribution in [0.5, 0.6) is 0 Å². The van der Waals surface area contributed by atoms with E-state index in [0.29, 0.717) is 17.7 Å². The van der Waals surface area contributed by atoms with Crippen LogP contribution < -0.4 is 5.56 Å². The van der Waals surface area contributed by atoms with Crippen LogP contribution >= 0.6 is 15.9 Å². The Kier molecular flexibility index (Phi) is 5.73. The lowest BCUT2D eigenvalue weighted by Crippen LogP contribution is -2.31. The summed E-state index contributed by atoms with van der Waals surface area (Å²) in [5, 5.41) is 15.6. The molecule has 1 amide bonds. The Hall–Kier alpha value is -3.26. The molecule has 1 aliphatic rings. The third-order valence-electron chi connectivity index (χ3n) is 5.37. The lowest BCUT2D eigenvalue weighted by Gasteiger charge is -2.21. The molecule has 2 heterocycles. The molecule has 1 aliphatic heterocycles. The third-order valence-corrected chi connectivity index (χ3v) is 5.90. The minimum absolute atomic E-state index is 0.187. The number of nitrogens with zero attached hydrogens (tertiary/aromatic N) is 2. The Balaban J connectivity index is 1.76. The topological polar surface area (TPSA) is 103 Å². The van der Waals surface area contributed by atoms with Crippen molar-refractivity contribution in [1.29, 1.82) is 0 Å². The molecule has 0 spiro atoms. The van der Waals surface area contributed by atoms with Crippen molar-refractivity contribution in [2.24, 2.45) is 5.10 Å². The van der Waals surface area contributed by atoms with Gasteiger partial charge in [-0.05, 0) is 41.6 Å². The number of carbonyl (C=O) groups excluding carboxylic acids is 1. The van der Waals surface area contributed by atoms with E-state index in [9.17, 15) is 14.4 Å². The highest BCUT2D eigenvalue weighted by molar-refractivity contribution is 9.10. The van der Waals surface area contributed by atoms with E-state index in [-0.39, 0.29) is 18.4 Å². The summed E-state index contributed by atoms with van der Waals surface area (Å²) in [5.41, 5.74) is 3.37. The molecular weight excluding hydrogens is 462 g/mol. The zero-order chi connectivity index (χ0) is 22.1. The quantitative estimate of drug-likeness (QED) is 0.571. The van der Waals surface area contributed by atoms with Crippen LogP contribution in [-0.4, -0.2) is 32.7 Å². The summed E-state index contributed by atoms with van der Waals surface area (Å²) in [4.78, 5) is 39.7. The molecule has 0 fully saturated rings. The second-order valence-corrected chi connectivity index (χ2v) is 8.41. The first-order valence-electron chi connectivity index (χ1n) is 9.83. The van der Waals surface area contributed by atoms with Gasteiger partial charge in [-0.25, -0.2) is 5.01 Å². The van der Waals surface area contributed by atoms with Crippen molar-refractivity contribution < 1.29 is 14.7 Å². The van der Waals surface area contributed by atoms with Gasteiger partial charge in [-0.2, -0.15) is 5.10 Å². The molecule has 1 aromatic heterocycles. The number of rotatable bonds is 5. The number of hydrazone groups is 1. The predicted molar refractivity (Wildman–Crippen MR) is 121 cm³/mol. The molecule has 158 valence electrons. The number of carboxylic acid groups (broad SMARTS) is 1. The van der Waals surface area contributed by atoms with Crippen molar-refractivity contribution in [1.82, 2.24) is 9.99 Å². The summed E-state index contributed by atoms with van der Waals surface area (Å²) in [6, 6.07) is 14.5. The summed E-state index contributed by atoms with van der Waals surface area (Å²) in [5.74, 6) is -1.48. The van der Waals surface area contributed by atoms with Crippen LogP contribution in [0.1, 0.15) is 42.0 Å². The molecular formula is C23H20BrN3O4. The number of carbonyl (C=O) groups is 2. The molecule has 31 heavy (non-hydrogen) atoms. The third kappa shape index (κ3) is 4.29. The van der Waals surface area contributed by atoms with Gasteiger partial charge in [-0.1, -0.05) is 46.3 Å². The predicted octanol–water partition coefficient (Wildman–Crippen LogP) is 4.14. The van der Waals surface area contributed by atoms with E-state index in [2.05, 4.69) is 26.0 Å². The lowest BCUT2D eigenvalue weighted by atomic mass is 9.97. The molecule has 8 heteroatoms. The van der Waals surface area contributed by atoms with Crippen molar-refractivity contribution in [3.8, 4) is 0 Å². The maximum atomic E-state index is 12.9. The maximum absolute atomic E-state index is 12.9. The molecule has 1 unspecified atom stereocenters. The Morgan fingerprint density at radius 3 is 2.65 bits per heavy atom. The number of nitrogens with one attached hydrogen (secondary N) is 1. The molecule has 7 nitrogen and oxygen atoms in total.